The number of aliphatic hydroxyl groups excluding tert-OH is 1. The van der Waals surface area contributed by atoms with Crippen molar-refractivity contribution in [2.24, 2.45) is 0 Å². The van der Waals surface area contributed by atoms with Gasteiger partial charge in [-0.15, -0.1) is 0 Å². The van der Waals surface area contributed by atoms with Crippen molar-refractivity contribution < 1.29 is 27.7 Å². The second-order valence-electron chi connectivity index (χ2n) is 6.70. The van der Waals surface area contributed by atoms with E-state index in [0.29, 0.717) is 18.6 Å². The summed E-state index contributed by atoms with van der Waals surface area (Å²) in [6, 6.07) is 8.43. The van der Waals surface area contributed by atoms with Gasteiger partial charge < -0.3 is 19.3 Å². The molecular formula is C21H25N5O6S. The highest BCUT2D eigenvalue weighted by molar-refractivity contribution is 7.92. The summed E-state index contributed by atoms with van der Waals surface area (Å²) >= 11 is 0. The molecule has 0 unspecified atom stereocenters. The predicted octanol–water partition coefficient (Wildman–Crippen LogP) is 2.65. The largest absolute Gasteiger partial charge is 0.493 e. The van der Waals surface area contributed by atoms with E-state index in [1.165, 1.54) is 19.5 Å². The summed E-state index contributed by atoms with van der Waals surface area (Å²) in [6.07, 6.45) is 4.17. The molecule has 2 N–H and O–H groups in total. The molecule has 0 saturated carbocycles. The molecule has 0 spiro atoms. The summed E-state index contributed by atoms with van der Waals surface area (Å²) in [5.41, 5.74) is 0. The first-order valence-electron chi connectivity index (χ1n) is 10.2. The van der Waals surface area contributed by atoms with Gasteiger partial charge in [0.25, 0.3) is 5.88 Å². The summed E-state index contributed by atoms with van der Waals surface area (Å²) in [5.74, 6) is 0.422. The van der Waals surface area contributed by atoms with E-state index < -0.39 is 10.0 Å². The molecule has 2 aromatic heterocycles. The van der Waals surface area contributed by atoms with Crippen LogP contribution in [0.1, 0.15) is 19.8 Å². The highest BCUT2D eigenvalue weighted by atomic mass is 32.2. The van der Waals surface area contributed by atoms with Crippen molar-refractivity contribution in [3.8, 4) is 34.8 Å². The highest BCUT2D eigenvalue weighted by Gasteiger charge is 2.24. The molecule has 0 radical (unpaired) electrons. The minimum atomic E-state index is -3.76. The van der Waals surface area contributed by atoms with Gasteiger partial charge in [-0.1, -0.05) is 25.5 Å². The van der Waals surface area contributed by atoms with Crippen molar-refractivity contribution in [2.45, 2.75) is 19.8 Å². The maximum Gasteiger partial charge on any atom is 0.263 e. The number of methoxy groups -OCH3 is 1. The lowest BCUT2D eigenvalue weighted by Crippen LogP contribution is -2.19. The quantitative estimate of drug-likeness (QED) is 0.401. The minimum Gasteiger partial charge on any atom is -0.493 e. The fourth-order valence-corrected chi connectivity index (χ4v) is 3.90. The maximum absolute atomic E-state index is 12.7. The summed E-state index contributed by atoms with van der Waals surface area (Å²) < 4.78 is 44.7. The van der Waals surface area contributed by atoms with Gasteiger partial charge in [-0.3, -0.25) is 4.72 Å². The van der Waals surface area contributed by atoms with Crippen molar-refractivity contribution in [3.63, 3.8) is 0 Å². The van der Waals surface area contributed by atoms with E-state index in [4.69, 9.17) is 14.2 Å². The number of nitrogens with one attached hydrogen (secondary N) is 1. The predicted molar refractivity (Wildman–Crippen MR) is 121 cm³/mol. The second kappa shape index (κ2) is 11.4. The molecule has 33 heavy (non-hydrogen) atoms. The molecule has 0 fully saturated rings. The monoisotopic (exact) mass is 475 g/mol. The van der Waals surface area contributed by atoms with E-state index in [1.54, 1.807) is 30.3 Å². The lowest BCUT2D eigenvalue weighted by atomic mass is 10.3. The average Bonchev–Trinajstić information content (AvgIpc) is 2.83. The van der Waals surface area contributed by atoms with Crippen LogP contribution in [-0.4, -0.2) is 59.5 Å². The summed E-state index contributed by atoms with van der Waals surface area (Å²) in [6.45, 7) is 1.48. The number of hydrogen-bond acceptors (Lipinski definition) is 10. The summed E-state index contributed by atoms with van der Waals surface area (Å²) in [7, 11) is -2.28. The van der Waals surface area contributed by atoms with Gasteiger partial charge >= 0.3 is 0 Å². The van der Waals surface area contributed by atoms with Gasteiger partial charge in [0.1, 0.15) is 6.61 Å². The van der Waals surface area contributed by atoms with Crippen LogP contribution in [-0.2, 0) is 10.0 Å². The van der Waals surface area contributed by atoms with Crippen LogP contribution in [0.25, 0.3) is 11.6 Å². The number of aliphatic hydroxyl groups is 1. The lowest BCUT2D eigenvalue weighted by molar-refractivity contribution is 0.192. The molecule has 0 aliphatic heterocycles. The maximum atomic E-state index is 12.7. The first-order chi connectivity index (χ1) is 16.0. The number of para-hydroxylation sites is 2. The molecule has 2 heterocycles. The van der Waals surface area contributed by atoms with Crippen LogP contribution in [0.2, 0.25) is 0 Å². The molecule has 3 aromatic rings. The van der Waals surface area contributed by atoms with Gasteiger partial charge in [-0.2, -0.15) is 4.98 Å². The molecule has 0 bridgehead atoms. The molecule has 11 nitrogen and oxygen atoms in total. The number of sulfonamides is 1. The van der Waals surface area contributed by atoms with Crippen LogP contribution >= 0.6 is 0 Å². The van der Waals surface area contributed by atoms with Crippen LogP contribution in [0.4, 0.5) is 5.82 Å². The summed E-state index contributed by atoms with van der Waals surface area (Å²) in [4.78, 5) is 16.9. The van der Waals surface area contributed by atoms with Crippen molar-refractivity contribution >= 4 is 15.8 Å². The standard InChI is InChI=1S/C21H25N5O6S/c1-3-4-14-33(28,29)26-18-17(32-16-9-6-5-8-15(16)30-2)21(31-13-12-27)25-20(24-18)19-22-10-7-11-23-19/h5-11,27H,3-4,12-14H2,1-2H3,(H,24,25,26). The Kier molecular flexibility index (Phi) is 8.33. The first-order valence-corrected chi connectivity index (χ1v) is 11.9. The Labute approximate surface area is 191 Å². The molecular weight excluding hydrogens is 450 g/mol. The molecule has 0 atom stereocenters. The molecule has 0 amide bonds. The molecule has 0 aliphatic rings. The van der Waals surface area contributed by atoms with Crippen molar-refractivity contribution in [2.75, 3.05) is 30.8 Å². The molecule has 0 saturated heterocycles. The molecule has 12 heteroatoms. The third kappa shape index (κ3) is 6.49. The van der Waals surface area contributed by atoms with Crippen molar-refractivity contribution in [1.82, 2.24) is 19.9 Å². The van der Waals surface area contributed by atoms with E-state index in [0.717, 1.165) is 0 Å². The fraction of sp³-hybridized carbons (Fsp3) is 0.333. The molecule has 0 aliphatic carbocycles. The second-order valence-corrected chi connectivity index (χ2v) is 8.54. The van der Waals surface area contributed by atoms with Gasteiger partial charge in [0.05, 0.1) is 19.5 Å². The topological polar surface area (TPSA) is 146 Å². The molecule has 1 aromatic carbocycles. The zero-order valence-electron chi connectivity index (χ0n) is 18.3. The Balaban J connectivity index is 2.15. The van der Waals surface area contributed by atoms with E-state index >= 15 is 0 Å². The van der Waals surface area contributed by atoms with Crippen molar-refractivity contribution in [1.29, 1.82) is 0 Å². The third-order valence-corrected chi connectivity index (χ3v) is 5.56. The number of anilines is 1. The number of ether oxygens (including phenoxy) is 3. The van der Waals surface area contributed by atoms with Crippen LogP contribution in [0.5, 0.6) is 23.1 Å². The smallest absolute Gasteiger partial charge is 0.263 e. The van der Waals surface area contributed by atoms with Crippen LogP contribution in [0.15, 0.2) is 42.7 Å². The average molecular weight is 476 g/mol. The fourth-order valence-electron chi connectivity index (χ4n) is 2.69. The van der Waals surface area contributed by atoms with Gasteiger partial charge in [0.15, 0.2) is 23.1 Å². The zero-order chi connectivity index (χ0) is 23.7. The number of rotatable bonds is 12. The number of benzene rings is 1. The highest BCUT2D eigenvalue weighted by Crippen LogP contribution is 2.41. The van der Waals surface area contributed by atoms with Gasteiger partial charge in [-0.25, -0.2) is 23.4 Å². The number of unbranched alkanes of at least 4 members (excludes halogenated alkanes) is 1. The van der Waals surface area contributed by atoms with Crippen LogP contribution in [0, 0.1) is 0 Å². The Hall–Kier alpha value is -3.51. The van der Waals surface area contributed by atoms with Crippen molar-refractivity contribution in [3.05, 3.63) is 42.7 Å². The van der Waals surface area contributed by atoms with E-state index in [1.807, 2.05) is 6.92 Å². The Bertz CT molecular complexity index is 1160. The Morgan fingerprint density at radius 1 is 1.03 bits per heavy atom. The summed E-state index contributed by atoms with van der Waals surface area (Å²) in [5, 5.41) is 9.26. The minimum absolute atomic E-state index is 0.0177. The van der Waals surface area contributed by atoms with Gasteiger partial charge in [0.2, 0.25) is 21.6 Å². The van der Waals surface area contributed by atoms with Crippen LogP contribution in [0.3, 0.4) is 0 Å². The number of hydrogen-bond donors (Lipinski definition) is 2. The van der Waals surface area contributed by atoms with Gasteiger partial charge in [0, 0.05) is 12.4 Å². The molecule has 176 valence electrons. The zero-order valence-corrected chi connectivity index (χ0v) is 19.1. The lowest BCUT2D eigenvalue weighted by Gasteiger charge is -2.17. The van der Waals surface area contributed by atoms with E-state index in [9.17, 15) is 13.5 Å². The normalized spacial score (nSPS) is 11.1. The Morgan fingerprint density at radius 2 is 1.76 bits per heavy atom. The Morgan fingerprint density at radius 3 is 2.42 bits per heavy atom. The van der Waals surface area contributed by atoms with E-state index in [-0.39, 0.29) is 53.8 Å². The number of aromatic nitrogens is 4. The van der Waals surface area contributed by atoms with E-state index in [2.05, 4.69) is 24.7 Å². The first kappa shape index (κ1) is 24.1. The molecule has 3 rings (SSSR count). The number of nitrogens with zero attached hydrogens (tertiary/aromatic N) is 4. The SMILES string of the molecule is CCCCS(=O)(=O)Nc1nc(-c2ncccn2)nc(OCCO)c1Oc1ccccc1OC. The van der Waals surface area contributed by atoms with Crippen LogP contribution < -0.4 is 18.9 Å². The third-order valence-electron chi connectivity index (χ3n) is 4.23. The van der Waals surface area contributed by atoms with Gasteiger partial charge in [-0.05, 0) is 24.6 Å².